The van der Waals surface area contributed by atoms with E-state index in [0.29, 0.717) is 12.8 Å². The molecule has 2 fully saturated rings. The summed E-state index contributed by atoms with van der Waals surface area (Å²) in [5, 5.41) is 12.1. The third-order valence-electron chi connectivity index (χ3n) is 4.19. The highest BCUT2D eigenvalue weighted by Gasteiger charge is 2.54. The number of hydrogen-bond donors (Lipinski definition) is 2. The van der Waals surface area contributed by atoms with Crippen LogP contribution in [0.25, 0.3) is 0 Å². The van der Waals surface area contributed by atoms with E-state index in [-0.39, 0.29) is 18.2 Å². The molecule has 20 heavy (non-hydrogen) atoms. The van der Waals surface area contributed by atoms with Crippen LogP contribution in [0, 0.1) is 5.92 Å². The van der Waals surface area contributed by atoms with Gasteiger partial charge in [-0.25, -0.2) is 14.5 Å². The van der Waals surface area contributed by atoms with E-state index in [0.717, 1.165) is 24.2 Å². The van der Waals surface area contributed by atoms with E-state index >= 15 is 0 Å². The van der Waals surface area contributed by atoms with Gasteiger partial charge in [-0.05, 0) is 25.2 Å². The van der Waals surface area contributed by atoms with Gasteiger partial charge in [0.1, 0.15) is 11.6 Å². The molecule has 1 heterocycles. The Balaban J connectivity index is 2.24. The van der Waals surface area contributed by atoms with Gasteiger partial charge >= 0.3 is 12.0 Å². The van der Waals surface area contributed by atoms with E-state index in [1.807, 2.05) is 13.8 Å². The summed E-state index contributed by atoms with van der Waals surface area (Å²) in [6, 6.07) is -1.62. The molecule has 0 aromatic carbocycles. The third-order valence-corrected chi connectivity index (χ3v) is 4.19. The van der Waals surface area contributed by atoms with Crippen LogP contribution in [-0.2, 0) is 9.59 Å². The van der Waals surface area contributed by atoms with Crippen molar-refractivity contribution in [3.63, 3.8) is 0 Å². The lowest BCUT2D eigenvalue weighted by Gasteiger charge is -2.31. The van der Waals surface area contributed by atoms with Crippen molar-refractivity contribution in [1.82, 2.24) is 10.2 Å². The molecule has 0 aromatic heterocycles. The molecule has 6 nitrogen and oxygen atoms in total. The fourth-order valence-corrected chi connectivity index (χ4v) is 3.18. The van der Waals surface area contributed by atoms with Gasteiger partial charge in [0.2, 0.25) is 0 Å². The van der Waals surface area contributed by atoms with Crippen molar-refractivity contribution < 1.29 is 19.5 Å². The first-order valence-electron chi connectivity index (χ1n) is 7.26. The summed E-state index contributed by atoms with van der Waals surface area (Å²) in [5.41, 5.74) is -0.847. The summed E-state index contributed by atoms with van der Waals surface area (Å²) < 4.78 is 0. The highest BCUT2D eigenvalue weighted by molar-refractivity contribution is 6.09. The Hall–Kier alpha value is -1.59. The van der Waals surface area contributed by atoms with Gasteiger partial charge in [-0.15, -0.1) is 0 Å². The van der Waals surface area contributed by atoms with Gasteiger partial charge in [0.15, 0.2) is 0 Å². The zero-order valence-corrected chi connectivity index (χ0v) is 12.0. The van der Waals surface area contributed by atoms with Crippen molar-refractivity contribution in [2.75, 3.05) is 0 Å². The van der Waals surface area contributed by atoms with Crippen LogP contribution >= 0.6 is 0 Å². The number of carboxylic acid groups (broad SMARTS) is 1. The smallest absolute Gasteiger partial charge is 0.327 e. The molecule has 0 radical (unpaired) electrons. The molecule has 6 heteroatoms. The van der Waals surface area contributed by atoms with Crippen molar-refractivity contribution in [2.45, 2.75) is 64.0 Å². The molecule has 0 aromatic rings. The average molecular weight is 282 g/mol. The second-order valence-electron chi connectivity index (χ2n) is 6.23. The monoisotopic (exact) mass is 282 g/mol. The standard InChI is InChI=1S/C14H22N2O4/c1-9(2)8-10(11(17)18)16-12(19)14(15-13(16)20)6-4-3-5-7-14/h9-10H,3-8H2,1-2H3,(H,15,20)(H,17,18)/t10-/m1/s1. The Bertz CT molecular complexity index is 427. The van der Waals surface area contributed by atoms with Crippen molar-refractivity contribution in [1.29, 1.82) is 0 Å². The molecule has 1 saturated heterocycles. The molecule has 1 atom stereocenters. The van der Waals surface area contributed by atoms with Crippen LogP contribution in [0.15, 0.2) is 0 Å². The zero-order chi connectivity index (χ0) is 14.9. The summed E-state index contributed by atoms with van der Waals surface area (Å²) in [4.78, 5) is 37.1. The molecule has 1 saturated carbocycles. The summed E-state index contributed by atoms with van der Waals surface area (Å²) in [6.07, 6.45) is 4.34. The number of carbonyl (C=O) groups excluding carboxylic acids is 2. The number of urea groups is 1. The van der Waals surface area contributed by atoms with Crippen LogP contribution in [0.5, 0.6) is 0 Å². The average Bonchev–Trinajstić information content (AvgIpc) is 2.59. The normalized spacial score (nSPS) is 23.2. The van der Waals surface area contributed by atoms with Crippen LogP contribution in [0.4, 0.5) is 4.79 Å². The predicted molar refractivity (Wildman–Crippen MR) is 72.1 cm³/mol. The fraction of sp³-hybridized carbons (Fsp3) is 0.786. The van der Waals surface area contributed by atoms with E-state index in [1.165, 1.54) is 0 Å². The maximum absolute atomic E-state index is 12.6. The van der Waals surface area contributed by atoms with E-state index in [4.69, 9.17) is 0 Å². The van der Waals surface area contributed by atoms with Gasteiger partial charge in [0, 0.05) is 0 Å². The molecular weight excluding hydrogens is 260 g/mol. The van der Waals surface area contributed by atoms with E-state index in [1.54, 1.807) is 0 Å². The summed E-state index contributed by atoms with van der Waals surface area (Å²) >= 11 is 0. The van der Waals surface area contributed by atoms with E-state index in [2.05, 4.69) is 5.32 Å². The number of carbonyl (C=O) groups is 3. The minimum Gasteiger partial charge on any atom is -0.480 e. The molecule has 2 aliphatic rings. The molecule has 0 bridgehead atoms. The molecule has 3 amide bonds. The Morgan fingerprint density at radius 2 is 1.90 bits per heavy atom. The molecule has 0 unspecified atom stereocenters. The lowest BCUT2D eigenvalue weighted by molar-refractivity contribution is -0.148. The number of hydrogen-bond acceptors (Lipinski definition) is 3. The molecule has 2 N–H and O–H groups in total. The highest BCUT2D eigenvalue weighted by atomic mass is 16.4. The molecule has 112 valence electrons. The summed E-state index contributed by atoms with van der Waals surface area (Å²) in [6.45, 7) is 3.76. The zero-order valence-electron chi connectivity index (χ0n) is 12.0. The van der Waals surface area contributed by atoms with Crippen molar-refractivity contribution in [2.24, 2.45) is 5.92 Å². The second-order valence-corrected chi connectivity index (χ2v) is 6.23. The van der Waals surface area contributed by atoms with Gasteiger partial charge in [-0.1, -0.05) is 33.1 Å². The van der Waals surface area contributed by atoms with Crippen molar-refractivity contribution in [3.8, 4) is 0 Å². The lowest BCUT2D eigenvalue weighted by atomic mass is 9.81. The molecule has 1 aliphatic heterocycles. The number of carboxylic acids is 1. The van der Waals surface area contributed by atoms with Gasteiger partial charge in [-0.3, -0.25) is 4.79 Å². The van der Waals surface area contributed by atoms with E-state index in [9.17, 15) is 19.5 Å². The van der Waals surface area contributed by atoms with Gasteiger partial charge in [0.25, 0.3) is 5.91 Å². The number of imide groups is 1. The Morgan fingerprint density at radius 1 is 1.30 bits per heavy atom. The van der Waals surface area contributed by atoms with Crippen molar-refractivity contribution >= 4 is 17.9 Å². The first kappa shape index (κ1) is 14.8. The van der Waals surface area contributed by atoms with Crippen LogP contribution in [-0.4, -0.2) is 39.5 Å². The first-order valence-corrected chi connectivity index (χ1v) is 7.26. The highest BCUT2D eigenvalue weighted by Crippen LogP contribution is 2.35. The predicted octanol–water partition coefficient (Wildman–Crippen LogP) is 1.74. The largest absolute Gasteiger partial charge is 0.480 e. The number of aliphatic carboxylic acids is 1. The Kier molecular flexibility index (Phi) is 4.01. The second kappa shape index (κ2) is 5.42. The van der Waals surface area contributed by atoms with E-state index < -0.39 is 23.6 Å². The minimum absolute atomic E-state index is 0.0969. The lowest BCUT2D eigenvalue weighted by Crippen LogP contribution is -2.50. The van der Waals surface area contributed by atoms with Crippen LogP contribution < -0.4 is 5.32 Å². The Morgan fingerprint density at radius 3 is 2.40 bits per heavy atom. The van der Waals surface area contributed by atoms with Gasteiger partial charge in [-0.2, -0.15) is 0 Å². The van der Waals surface area contributed by atoms with Crippen molar-refractivity contribution in [3.05, 3.63) is 0 Å². The van der Waals surface area contributed by atoms with Gasteiger partial charge < -0.3 is 10.4 Å². The Labute approximate surface area is 118 Å². The SMILES string of the molecule is CC(C)C[C@H](C(=O)O)N1C(=O)NC2(CCCCC2)C1=O. The topological polar surface area (TPSA) is 86.7 Å². The number of nitrogens with one attached hydrogen (secondary N) is 1. The van der Waals surface area contributed by atoms with Gasteiger partial charge in [0.05, 0.1) is 0 Å². The molecule has 1 aliphatic carbocycles. The summed E-state index contributed by atoms with van der Waals surface area (Å²) in [7, 11) is 0. The van der Waals surface area contributed by atoms with Crippen LogP contribution in [0.2, 0.25) is 0 Å². The third kappa shape index (κ3) is 2.51. The minimum atomic E-state index is -1.12. The van der Waals surface area contributed by atoms with Crippen LogP contribution in [0.1, 0.15) is 52.4 Å². The quantitative estimate of drug-likeness (QED) is 0.769. The molecular formula is C14H22N2O4. The number of amides is 3. The number of nitrogens with zero attached hydrogens (tertiary/aromatic N) is 1. The maximum atomic E-state index is 12.6. The summed E-state index contributed by atoms with van der Waals surface area (Å²) in [5.74, 6) is -1.37. The number of rotatable bonds is 4. The molecule has 2 rings (SSSR count). The van der Waals surface area contributed by atoms with Crippen LogP contribution in [0.3, 0.4) is 0 Å². The first-order chi connectivity index (χ1) is 9.37. The molecule has 1 spiro atoms. The fourth-order valence-electron chi connectivity index (χ4n) is 3.18. The maximum Gasteiger partial charge on any atom is 0.327 e.